The fourth-order valence-corrected chi connectivity index (χ4v) is 5.57. The molecule has 0 bridgehead atoms. The predicted molar refractivity (Wildman–Crippen MR) is 175 cm³/mol. The Kier molecular flexibility index (Phi) is 11.0. The summed E-state index contributed by atoms with van der Waals surface area (Å²) in [7, 11) is 2.87. The van der Waals surface area contributed by atoms with Crippen molar-refractivity contribution in [3.05, 3.63) is 48.7 Å². The van der Waals surface area contributed by atoms with Crippen molar-refractivity contribution in [2.45, 2.75) is 96.9 Å². The van der Waals surface area contributed by atoms with Gasteiger partial charge in [-0.3, -0.25) is 4.79 Å². The number of hydrogen-bond donors (Lipinski definition) is 1. The lowest BCUT2D eigenvalue weighted by Gasteiger charge is -2.43. The molecule has 0 spiro atoms. The van der Waals surface area contributed by atoms with Gasteiger partial charge in [-0.25, -0.2) is 19.6 Å². The Morgan fingerprint density at radius 3 is 2.50 bits per heavy atom. The van der Waals surface area contributed by atoms with Gasteiger partial charge in [-0.05, 0) is 56.6 Å². The summed E-state index contributed by atoms with van der Waals surface area (Å²) in [4.78, 5) is 51.6. The molecule has 1 aliphatic heterocycles. The molecule has 2 aliphatic rings. The van der Waals surface area contributed by atoms with E-state index in [1.165, 1.54) is 12.0 Å². The number of benzene rings is 1. The fraction of sp³-hybridized carbons (Fsp3) is 0.571. The highest BCUT2D eigenvalue weighted by Gasteiger charge is 2.53. The number of alkyl carbamates (subject to hydrolysis) is 1. The molecule has 1 aromatic heterocycles. The van der Waals surface area contributed by atoms with Gasteiger partial charge in [0.05, 0.1) is 31.8 Å². The van der Waals surface area contributed by atoms with Gasteiger partial charge in [0.1, 0.15) is 35.2 Å². The number of ether oxygens (including phenoxy) is 4. The SMILES string of the molecule is C=CCCc1nc2ccc(OC)cc2nc1OC1CC(C(=O)OC)N(C(=O)C(C)(NC(=O)OC2CC2CC=CCC)C(C)(C)C)C1. The van der Waals surface area contributed by atoms with E-state index >= 15 is 0 Å². The third-order valence-corrected chi connectivity index (χ3v) is 9.00. The molecule has 2 fully saturated rings. The van der Waals surface area contributed by atoms with Gasteiger partial charge in [0.25, 0.3) is 0 Å². The lowest BCUT2D eigenvalue weighted by Crippen LogP contribution is -2.65. The van der Waals surface area contributed by atoms with Crippen molar-refractivity contribution >= 4 is 29.0 Å². The van der Waals surface area contributed by atoms with Gasteiger partial charge in [-0.1, -0.05) is 45.9 Å². The first-order valence-electron chi connectivity index (χ1n) is 16.0. The first-order valence-corrected chi connectivity index (χ1v) is 16.0. The molecule has 1 aliphatic carbocycles. The van der Waals surface area contributed by atoms with E-state index in [1.807, 2.05) is 32.9 Å². The highest BCUT2D eigenvalue weighted by Crippen LogP contribution is 2.39. The molecule has 5 atom stereocenters. The highest BCUT2D eigenvalue weighted by atomic mass is 16.6. The summed E-state index contributed by atoms with van der Waals surface area (Å²) in [6.45, 7) is 13.2. The van der Waals surface area contributed by atoms with Crippen LogP contribution < -0.4 is 14.8 Å². The summed E-state index contributed by atoms with van der Waals surface area (Å²) in [6.07, 6.45) is 8.55. The molecule has 5 unspecified atom stereocenters. The largest absolute Gasteiger partial charge is 0.497 e. The molecular formula is C35H48N4O7. The molecule has 1 aromatic carbocycles. The Labute approximate surface area is 271 Å². The standard InChI is InChI=1S/C35H48N4O7/c1-9-11-13-14-22-18-29(22)46-33(42)38-35(6,34(3,4)5)32(41)39-21-24(20-28(39)31(40)44-8)45-30-26(15-12-10-2)36-25-17-16-23(43-7)19-27(25)37-30/h10-11,13,16-17,19,22,24,28-29H,2,9,12,14-15,18,20-21H2,1,3-8H3,(H,38,42). The van der Waals surface area contributed by atoms with Crippen molar-refractivity contribution < 1.29 is 33.3 Å². The zero-order valence-corrected chi connectivity index (χ0v) is 28.1. The van der Waals surface area contributed by atoms with E-state index in [-0.39, 0.29) is 25.0 Å². The van der Waals surface area contributed by atoms with Crippen molar-refractivity contribution in [2.24, 2.45) is 11.3 Å². The minimum absolute atomic E-state index is 0.0776. The molecule has 2 aromatic rings. The second-order valence-corrected chi connectivity index (χ2v) is 13.2. The second-order valence-electron chi connectivity index (χ2n) is 13.2. The van der Waals surface area contributed by atoms with Crippen LogP contribution in [0.15, 0.2) is 43.0 Å². The maximum atomic E-state index is 14.4. The monoisotopic (exact) mass is 636 g/mol. The third-order valence-electron chi connectivity index (χ3n) is 9.00. The van der Waals surface area contributed by atoms with Crippen molar-refractivity contribution in [3.63, 3.8) is 0 Å². The smallest absolute Gasteiger partial charge is 0.408 e. The van der Waals surface area contributed by atoms with Crippen LogP contribution in [-0.4, -0.2) is 77.4 Å². The van der Waals surface area contributed by atoms with Crippen LogP contribution in [0.1, 0.15) is 72.4 Å². The van der Waals surface area contributed by atoms with E-state index in [4.69, 9.17) is 28.9 Å². The number of carbonyl (C=O) groups excluding carboxylic acids is 3. The number of rotatable bonds is 13. The summed E-state index contributed by atoms with van der Waals surface area (Å²) in [6, 6.07) is 4.51. The van der Waals surface area contributed by atoms with Crippen LogP contribution in [-0.2, 0) is 25.5 Å². The van der Waals surface area contributed by atoms with Crippen molar-refractivity contribution in [1.82, 2.24) is 20.2 Å². The van der Waals surface area contributed by atoms with Crippen LogP contribution in [0.4, 0.5) is 4.79 Å². The number of esters is 1. The number of likely N-dealkylation sites (tertiary alicyclic amines) is 1. The molecule has 0 radical (unpaired) electrons. The number of aromatic nitrogens is 2. The summed E-state index contributed by atoms with van der Waals surface area (Å²) >= 11 is 0. The summed E-state index contributed by atoms with van der Waals surface area (Å²) in [5.74, 6) is 0.228. The Morgan fingerprint density at radius 2 is 1.85 bits per heavy atom. The van der Waals surface area contributed by atoms with Gasteiger partial charge in [-0.2, -0.15) is 0 Å². The molecule has 46 heavy (non-hydrogen) atoms. The van der Waals surface area contributed by atoms with E-state index in [9.17, 15) is 14.4 Å². The minimum Gasteiger partial charge on any atom is -0.497 e. The van der Waals surface area contributed by atoms with Crippen LogP contribution in [0.3, 0.4) is 0 Å². The number of nitrogens with zero attached hydrogens (tertiary/aromatic N) is 3. The number of allylic oxidation sites excluding steroid dienone is 3. The van der Waals surface area contributed by atoms with Gasteiger partial charge in [0, 0.05) is 18.4 Å². The number of fused-ring (bicyclic) bond motifs is 1. The average molecular weight is 637 g/mol. The lowest BCUT2D eigenvalue weighted by molar-refractivity contribution is -0.155. The molecule has 4 rings (SSSR count). The number of carbonyl (C=O) groups is 3. The molecule has 1 saturated carbocycles. The molecular weight excluding hydrogens is 588 g/mol. The van der Waals surface area contributed by atoms with Crippen LogP contribution in [0.25, 0.3) is 11.0 Å². The summed E-state index contributed by atoms with van der Waals surface area (Å²) < 4.78 is 22.6. The number of methoxy groups -OCH3 is 2. The van der Waals surface area contributed by atoms with E-state index in [0.717, 1.165) is 19.3 Å². The first-order chi connectivity index (χ1) is 21.8. The molecule has 2 amide bonds. The Hall–Kier alpha value is -4.15. The summed E-state index contributed by atoms with van der Waals surface area (Å²) in [5, 5.41) is 2.87. The highest BCUT2D eigenvalue weighted by molar-refractivity contribution is 5.94. The van der Waals surface area contributed by atoms with Crippen LogP contribution >= 0.6 is 0 Å². The number of aryl methyl sites for hydroxylation is 1. The fourth-order valence-electron chi connectivity index (χ4n) is 5.57. The van der Waals surface area contributed by atoms with Crippen molar-refractivity contribution in [1.29, 1.82) is 0 Å². The van der Waals surface area contributed by atoms with Crippen molar-refractivity contribution in [3.8, 4) is 11.6 Å². The minimum atomic E-state index is -1.41. The van der Waals surface area contributed by atoms with Crippen molar-refractivity contribution in [2.75, 3.05) is 20.8 Å². The third kappa shape index (κ3) is 7.79. The molecule has 11 nitrogen and oxygen atoms in total. The number of hydrogen-bond acceptors (Lipinski definition) is 9. The molecule has 11 heteroatoms. The van der Waals surface area contributed by atoms with Crippen LogP contribution in [0.2, 0.25) is 0 Å². The van der Waals surface area contributed by atoms with E-state index in [2.05, 4.69) is 31.0 Å². The van der Waals surface area contributed by atoms with Crippen LogP contribution in [0, 0.1) is 11.3 Å². The molecule has 1 saturated heterocycles. The maximum absolute atomic E-state index is 14.4. The normalized spacial score (nSPS) is 22.3. The Balaban J connectivity index is 1.56. The topological polar surface area (TPSA) is 129 Å². The van der Waals surface area contributed by atoms with Gasteiger partial charge in [-0.15, -0.1) is 6.58 Å². The average Bonchev–Trinajstić information content (AvgIpc) is 3.61. The van der Waals surface area contributed by atoms with E-state index in [0.29, 0.717) is 41.2 Å². The lowest BCUT2D eigenvalue weighted by atomic mass is 9.73. The van der Waals surface area contributed by atoms with Gasteiger partial charge in [0.15, 0.2) is 0 Å². The number of amides is 2. The van der Waals surface area contributed by atoms with Crippen LogP contribution in [0.5, 0.6) is 11.6 Å². The van der Waals surface area contributed by atoms with Gasteiger partial charge < -0.3 is 29.2 Å². The maximum Gasteiger partial charge on any atom is 0.408 e. The quantitative estimate of drug-likeness (QED) is 0.222. The Bertz CT molecular complexity index is 1470. The number of nitrogens with one attached hydrogen (secondary N) is 1. The zero-order chi connectivity index (χ0) is 33.6. The molecule has 250 valence electrons. The second kappa shape index (κ2) is 14.5. The Morgan fingerprint density at radius 1 is 1.09 bits per heavy atom. The molecule has 2 heterocycles. The predicted octanol–water partition coefficient (Wildman–Crippen LogP) is 5.55. The van der Waals surface area contributed by atoms with Gasteiger partial charge in [0.2, 0.25) is 11.8 Å². The summed E-state index contributed by atoms with van der Waals surface area (Å²) in [5.41, 5.74) is -0.224. The molecule has 1 N–H and O–H groups in total. The first kappa shape index (κ1) is 34.7. The van der Waals surface area contributed by atoms with E-state index < -0.39 is 41.1 Å². The zero-order valence-electron chi connectivity index (χ0n) is 28.1. The van der Waals surface area contributed by atoms with Gasteiger partial charge >= 0.3 is 12.1 Å². The van der Waals surface area contributed by atoms with E-state index in [1.54, 1.807) is 26.2 Å².